The van der Waals surface area contributed by atoms with Crippen LogP contribution in [0, 0.1) is 0 Å². The zero-order chi connectivity index (χ0) is 15.2. The van der Waals surface area contributed by atoms with Crippen LogP contribution >= 0.6 is 11.6 Å². The Morgan fingerprint density at radius 1 is 1.09 bits per heavy atom. The third kappa shape index (κ3) is 2.20. The Hall–Kier alpha value is -2.18. The molecule has 0 aliphatic heterocycles. The molecule has 0 saturated heterocycles. The first-order chi connectivity index (χ1) is 10.6. The van der Waals surface area contributed by atoms with Crippen molar-refractivity contribution < 1.29 is 9.05 Å². The lowest BCUT2D eigenvalue weighted by molar-refractivity contribution is 0.229. The van der Waals surface area contributed by atoms with Gasteiger partial charge in [-0.2, -0.15) is 4.98 Å². The summed E-state index contributed by atoms with van der Waals surface area (Å²) in [5.41, 5.74) is 7.10. The molecule has 0 spiro atoms. The van der Waals surface area contributed by atoms with Gasteiger partial charge in [0.1, 0.15) is 0 Å². The first-order valence-electron chi connectivity index (χ1n) is 7.00. The van der Waals surface area contributed by atoms with E-state index in [1.807, 2.05) is 12.1 Å². The third-order valence-corrected chi connectivity index (χ3v) is 4.23. The van der Waals surface area contributed by atoms with Crippen LogP contribution in [0.3, 0.4) is 0 Å². The van der Waals surface area contributed by atoms with E-state index in [-0.39, 0.29) is 0 Å². The molecule has 22 heavy (non-hydrogen) atoms. The van der Waals surface area contributed by atoms with Gasteiger partial charge in [-0.1, -0.05) is 21.9 Å². The molecule has 112 valence electrons. The molecule has 1 aliphatic carbocycles. The van der Waals surface area contributed by atoms with Crippen molar-refractivity contribution in [2.24, 2.45) is 5.73 Å². The van der Waals surface area contributed by atoms with E-state index in [1.165, 1.54) is 0 Å². The van der Waals surface area contributed by atoms with Gasteiger partial charge in [0.2, 0.25) is 0 Å². The minimum Gasteiger partial charge on any atom is -0.355 e. The minimum atomic E-state index is -0.454. The summed E-state index contributed by atoms with van der Waals surface area (Å²) in [5, 5.41) is 8.61. The fourth-order valence-electron chi connectivity index (χ4n) is 2.44. The summed E-state index contributed by atoms with van der Waals surface area (Å²) >= 11 is 5.87. The molecule has 1 saturated carbocycles. The zero-order valence-electron chi connectivity index (χ0n) is 11.6. The molecule has 4 rings (SSSR count). The number of rotatable bonds is 3. The predicted molar refractivity (Wildman–Crippen MR) is 80.0 cm³/mol. The van der Waals surface area contributed by atoms with Crippen LogP contribution in [0.25, 0.3) is 22.9 Å². The van der Waals surface area contributed by atoms with Crippen molar-refractivity contribution >= 4 is 11.6 Å². The molecule has 0 unspecified atom stereocenters. The van der Waals surface area contributed by atoms with Gasteiger partial charge < -0.3 is 14.8 Å². The summed E-state index contributed by atoms with van der Waals surface area (Å²) in [6.45, 7) is 0. The van der Waals surface area contributed by atoms with Gasteiger partial charge in [-0.15, -0.1) is 0 Å². The van der Waals surface area contributed by atoms with Crippen LogP contribution < -0.4 is 5.73 Å². The molecule has 3 aromatic rings. The van der Waals surface area contributed by atoms with Crippen molar-refractivity contribution in [1.29, 1.82) is 0 Å². The van der Waals surface area contributed by atoms with Gasteiger partial charge in [-0.05, 0) is 43.5 Å². The highest BCUT2D eigenvalue weighted by Gasteiger charge is 2.39. The Morgan fingerprint density at radius 3 is 2.55 bits per heavy atom. The summed E-state index contributed by atoms with van der Waals surface area (Å²) in [7, 11) is 0. The highest BCUT2D eigenvalue weighted by Crippen LogP contribution is 2.37. The summed E-state index contributed by atoms with van der Waals surface area (Å²) in [6, 6.07) is 9.05. The monoisotopic (exact) mass is 316 g/mol. The van der Waals surface area contributed by atoms with E-state index in [0.717, 1.165) is 24.8 Å². The summed E-state index contributed by atoms with van der Waals surface area (Å²) in [4.78, 5) is 4.35. The lowest BCUT2D eigenvalue weighted by atomic mass is 9.77. The van der Waals surface area contributed by atoms with E-state index in [9.17, 15) is 0 Å². The second kappa shape index (κ2) is 4.93. The Bertz CT molecular complexity index is 805. The van der Waals surface area contributed by atoms with Crippen LogP contribution in [-0.2, 0) is 5.54 Å². The maximum Gasteiger partial charge on any atom is 0.280 e. The van der Waals surface area contributed by atoms with Gasteiger partial charge in [-0.25, -0.2) is 0 Å². The van der Waals surface area contributed by atoms with Gasteiger partial charge in [0, 0.05) is 16.7 Å². The SMILES string of the molecule is NC1(c2noc(-c3cc(-c4ccc(Cl)cc4)on3)n2)CCC1. The zero-order valence-corrected chi connectivity index (χ0v) is 12.4. The number of halogens is 1. The van der Waals surface area contributed by atoms with Crippen molar-refractivity contribution in [2.75, 3.05) is 0 Å². The molecule has 7 heteroatoms. The van der Waals surface area contributed by atoms with Gasteiger partial charge in [0.05, 0.1) is 5.54 Å². The molecular formula is C15H13ClN4O2. The second-order valence-corrected chi connectivity index (χ2v) is 5.95. The lowest BCUT2D eigenvalue weighted by Gasteiger charge is -2.34. The van der Waals surface area contributed by atoms with E-state index in [4.69, 9.17) is 26.4 Å². The van der Waals surface area contributed by atoms with Crippen molar-refractivity contribution in [3.63, 3.8) is 0 Å². The molecule has 0 radical (unpaired) electrons. The molecule has 0 bridgehead atoms. The topological polar surface area (TPSA) is 91.0 Å². The Balaban J connectivity index is 1.63. The molecule has 1 fully saturated rings. The normalized spacial score (nSPS) is 16.5. The number of hydrogen-bond acceptors (Lipinski definition) is 6. The van der Waals surface area contributed by atoms with Crippen molar-refractivity contribution in [3.05, 3.63) is 41.2 Å². The van der Waals surface area contributed by atoms with Crippen molar-refractivity contribution in [3.8, 4) is 22.9 Å². The molecule has 0 atom stereocenters. The van der Waals surface area contributed by atoms with Crippen LogP contribution in [0.5, 0.6) is 0 Å². The Labute approximate surface area is 131 Å². The van der Waals surface area contributed by atoms with E-state index >= 15 is 0 Å². The minimum absolute atomic E-state index is 0.315. The highest BCUT2D eigenvalue weighted by atomic mass is 35.5. The number of aromatic nitrogens is 3. The second-order valence-electron chi connectivity index (χ2n) is 5.52. The quantitative estimate of drug-likeness (QED) is 0.796. The van der Waals surface area contributed by atoms with E-state index < -0.39 is 5.54 Å². The number of nitrogens with zero attached hydrogens (tertiary/aromatic N) is 3. The first-order valence-corrected chi connectivity index (χ1v) is 7.38. The largest absolute Gasteiger partial charge is 0.355 e. The standard InChI is InChI=1S/C15H13ClN4O2/c16-10-4-2-9(3-5-10)12-8-11(19-21-12)13-18-14(20-22-13)15(17)6-1-7-15/h2-5,8H,1,6-7,17H2. The van der Waals surface area contributed by atoms with E-state index in [2.05, 4.69) is 15.3 Å². The molecule has 6 nitrogen and oxygen atoms in total. The molecule has 1 aliphatic rings. The Kier molecular flexibility index (Phi) is 3.02. The summed E-state index contributed by atoms with van der Waals surface area (Å²) in [5.74, 6) is 1.46. The van der Waals surface area contributed by atoms with Crippen LogP contribution in [0.4, 0.5) is 0 Å². The summed E-state index contributed by atoms with van der Waals surface area (Å²) in [6.07, 6.45) is 2.84. The molecular weight excluding hydrogens is 304 g/mol. The Morgan fingerprint density at radius 2 is 1.86 bits per heavy atom. The predicted octanol–water partition coefficient (Wildman–Crippen LogP) is 3.38. The van der Waals surface area contributed by atoms with Gasteiger partial charge >= 0.3 is 0 Å². The van der Waals surface area contributed by atoms with Crippen LogP contribution in [0.15, 0.2) is 39.4 Å². The van der Waals surface area contributed by atoms with Gasteiger partial charge in [0.25, 0.3) is 5.89 Å². The van der Waals surface area contributed by atoms with Crippen LogP contribution in [-0.4, -0.2) is 15.3 Å². The fourth-order valence-corrected chi connectivity index (χ4v) is 2.56. The number of hydrogen-bond donors (Lipinski definition) is 1. The smallest absolute Gasteiger partial charge is 0.280 e. The van der Waals surface area contributed by atoms with Crippen molar-refractivity contribution in [1.82, 2.24) is 15.3 Å². The van der Waals surface area contributed by atoms with E-state index in [1.54, 1.807) is 18.2 Å². The summed E-state index contributed by atoms with van der Waals surface area (Å²) < 4.78 is 10.6. The third-order valence-electron chi connectivity index (χ3n) is 3.98. The molecule has 2 N–H and O–H groups in total. The molecule has 0 amide bonds. The molecule has 2 heterocycles. The van der Waals surface area contributed by atoms with Gasteiger partial charge in [0.15, 0.2) is 17.3 Å². The first kappa shape index (κ1) is 13.5. The van der Waals surface area contributed by atoms with Crippen molar-refractivity contribution in [2.45, 2.75) is 24.8 Å². The maximum atomic E-state index is 6.18. The van der Waals surface area contributed by atoms with E-state index in [0.29, 0.717) is 28.2 Å². The lowest BCUT2D eigenvalue weighted by Crippen LogP contribution is -2.44. The molecule has 2 aromatic heterocycles. The average Bonchev–Trinajstić information content (AvgIpc) is 3.14. The maximum absolute atomic E-state index is 6.18. The average molecular weight is 317 g/mol. The number of nitrogens with two attached hydrogens (primary N) is 1. The van der Waals surface area contributed by atoms with Crippen LogP contribution in [0.1, 0.15) is 25.1 Å². The number of benzene rings is 1. The highest BCUT2D eigenvalue weighted by molar-refractivity contribution is 6.30. The molecule has 1 aromatic carbocycles. The van der Waals surface area contributed by atoms with Crippen LogP contribution in [0.2, 0.25) is 5.02 Å². The van der Waals surface area contributed by atoms with Gasteiger partial charge in [-0.3, -0.25) is 0 Å². The fraction of sp³-hybridized carbons (Fsp3) is 0.267.